The van der Waals surface area contributed by atoms with Gasteiger partial charge in [-0.1, -0.05) is 55.5 Å². The monoisotopic (exact) mass is 442 g/mol. The summed E-state index contributed by atoms with van der Waals surface area (Å²) in [6.45, 7) is 3.39. The number of benzene rings is 2. The number of anilines is 1. The van der Waals surface area contributed by atoms with Crippen molar-refractivity contribution in [1.29, 1.82) is 0 Å². The highest BCUT2D eigenvalue weighted by molar-refractivity contribution is 7.91. The lowest BCUT2D eigenvalue weighted by atomic mass is 9.89. The highest BCUT2D eigenvalue weighted by Gasteiger charge is 2.34. The second-order valence-electron chi connectivity index (χ2n) is 6.86. The van der Waals surface area contributed by atoms with Gasteiger partial charge in [-0.2, -0.15) is 0 Å². The van der Waals surface area contributed by atoms with E-state index >= 15 is 0 Å². The summed E-state index contributed by atoms with van der Waals surface area (Å²) < 4.78 is 28.5. The summed E-state index contributed by atoms with van der Waals surface area (Å²) in [5, 5.41) is 4.24. The largest absolute Gasteiger partial charge is 0.319 e. The van der Waals surface area contributed by atoms with Crippen molar-refractivity contribution in [3.8, 4) is 0 Å². The van der Waals surface area contributed by atoms with Gasteiger partial charge in [0.1, 0.15) is 4.21 Å². The molecule has 6 nitrogen and oxygen atoms in total. The summed E-state index contributed by atoms with van der Waals surface area (Å²) in [5.74, 6) is -2.42. The molecule has 0 aliphatic heterocycles. The minimum absolute atomic E-state index is 0.148. The Bertz CT molecular complexity index is 1130. The minimum Gasteiger partial charge on any atom is -0.319 e. The number of carbonyl (C=O) groups is 2. The standard InChI is InChI=1S/C22H22N2O4S2/c1-15-9-6-7-12-18(15)20(24-30(27,28)19-13-8-14-29-19)16(2)21(25)22(26)23-17-10-4-3-5-11-17/h3-14,16,20,24H,1-2H3,(H,23,26)/t16-,20-/m1/s1. The van der Waals surface area contributed by atoms with E-state index in [1.54, 1.807) is 60.8 Å². The van der Waals surface area contributed by atoms with E-state index in [4.69, 9.17) is 0 Å². The number of carbonyl (C=O) groups excluding carboxylic acids is 2. The molecule has 0 saturated carbocycles. The second kappa shape index (κ2) is 9.34. The number of para-hydroxylation sites is 1. The van der Waals surface area contributed by atoms with Crippen LogP contribution in [0.3, 0.4) is 0 Å². The number of ketones is 1. The van der Waals surface area contributed by atoms with Crippen LogP contribution in [-0.4, -0.2) is 20.1 Å². The number of Topliss-reactive ketones (excluding diaryl/α,β-unsaturated/α-hetero) is 1. The van der Waals surface area contributed by atoms with E-state index in [1.165, 1.54) is 6.07 Å². The van der Waals surface area contributed by atoms with E-state index in [2.05, 4.69) is 10.0 Å². The molecule has 2 atom stereocenters. The zero-order chi connectivity index (χ0) is 21.7. The maximum absolute atomic E-state index is 12.9. The van der Waals surface area contributed by atoms with E-state index in [9.17, 15) is 18.0 Å². The second-order valence-corrected chi connectivity index (χ2v) is 9.75. The number of amides is 1. The molecule has 2 aromatic carbocycles. The molecule has 0 aliphatic carbocycles. The molecule has 0 spiro atoms. The molecule has 0 radical (unpaired) electrons. The lowest BCUT2D eigenvalue weighted by molar-refractivity contribution is -0.137. The summed E-state index contributed by atoms with van der Waals surface area (Å²) >= 11 is 1.08. The average Bonchev–Trinajstić information content (AvgIpc) is 3.28. The summed E-state index contributed by atoms with van der Waals surface area (Å²) in [6, 6.07) is 18.1. The molecule has 3 rings (SSSR count). The van der Waals surface area contributed by atoms with Crippen molar-refractivity contribution in [2.24, 2.45) is 5.92 Å². The van der Waals surface area contributed by atoms with Gasteiger partial charge in [0.2, 0.25) is 5.78 Å². The Balaban J connectivity index is 1.90. The Hall–Kier alpha value is -2.81. The van der Waals surface area contributed by atoms with Gasteiger partial charge >= 0.3 is 0 Å². The molecule has 0 saturated heterocycles. The quantitative estimate of drug-likeness (QED) is 0.517. The molecule has 156 valence electrons. The van der Waals surface area contributed by atoms with Crippen LogP contribution in [0.5, 0.6) is 0 Å². The highest BCUT2D eigenvalue weighted by Crippen LogP contribution is 2.29. The topological polar surface area (TPSA) is 92.3 Å². The molecule has 1 heterocycles. The van der Waals surface area contributed by atoms with Gasteiger partial charge in [0.05, 0.1) is 6.04 Å². The number of hydrogen-bond acceptors (Lipinski definition) is 5. The fourth-order valence-electron chi connectivity index (χ4n) is 3.08. The van der Waals surface area contributed by atoms with Crippen molar-refractivity contribution in [3.63, 3.8) is 0 Å². The maximum atomic E-state index is 12.9. The smallest absolute Gasteiger partial charge is 0.292 e. The molecular weight excluding hydrogens is 420 g/mol. The van der Waals surface area contributed by atoms with E-state index in [-0.39, 0.29) is 4.21 Å². The van der Waals surface area contributed by atoms with Crippen molar-refractivity contribution in [2.45, 2.75) is 24.1 Å². The third-order valence-electron chi connectivity index (χ3n) is 4.73. The zero-order valence-corrected chi connectivity index (χ0v) is 18.2. The molecule has 0 aliphatic rings. The summed E-state index contributed by atoms with van der Waals surface area (Å²) in [5.41, 5.74) is 1.96. The first kappa shape index (κ1) is 21.9. The lowest BCUT2D eigenvalue weighted by Gasteiger charge is -2.25. The number of rotatable bonds is 8. The van der Waals surface area contributed by atoms with Crippen LogP contribution in [0.15, 0.2) is 76.3 Å². The number of sulfonamides is 1. The van der Waals surface area contributed by atoms with Crippen LogP contribution in [0.1, 0.15) is 24.1 Å². The molecule has 8 heteroatoms. The van der Waals surface area contributed by atoms with Gasteiger partial charge in [0, 0.05) is 11.6 Å². The van der Waals surface area contributed by atoms with E-state index in [1.807, 2.05) is 19.1 Å². The van der Waals surface area contributed by atoms with Crippen LogP contribution in [-0.2, 0) is 19.6 Å². The predicted octanol–water partition coefficient (Wildman–Crippen LogP) is 3.92. The minimum atomic E-state index is -3.86. The molecule has 0 bridgehead atoms. The van der Waals surface area contributed by atoms with Crippen LogP contribution in [0, 0.1) is 12.8 Å². The van der Waals surface area contributed by atoms with Gasteiger partial charge in [-0.05, 0) is 41.6 Å². The number of aryl methyl sites for hydroxylation is 1. The molecule has 30 heavy (non-hydrogen) atoms. The Labute approximate surface area is 180 Å². The van der Waals surface area contributed by atoms with Crippen LogP contribution >= 0.6 is 11.3 Å². The first-order valence-corrected chi connectivity index (χ1v) is 11.7. The predicted molar refractivity (Wildman–Crippen MR) is 118 cm³/mol. The van der Waals surface area contributed by atoms with Gasteiger partial charge < -0.3 is 5.32 Å². The maximum Gasteiger partial charge on any atom is 0.292 e. The Morgan fingerprint density at radius 2 is 1.60 bits per heavy atom. The Kier molecular flexibility index (Phi) is 6.81. The molecular formula is C22H22N2O4S2. The van der Waals surface area contributed by atoms with Crippen LogP contribution in [0.2, 0.25) is 0 Å². The van der Waals surface area contributed by atoms with Gasteiger partial charge in [-0.15, -0.1) is 11.3 Å². The SMILES string of the molecule is Cc1ccccc1[C@H](NS(=O)(=O)c1cccs1)[C@@H](C)C(=O)C(=O)Nc1ccccc1. The normalized spacial score (nSPS) is 13.4. The van der Waals surface area contributed by atoms with E-state index in [0.29, 0.717) is 11.3 Å². The van der Waals surface area contributed by atoms with Crippen molar-refractivity contribution in [3.05, 3.63) is 83.2 Å². The first-order chi connectivity index (χ1) is 14.3. The number of nitrogens with one attached hydrogen (secondary N) is 2. The van der Waals surface area contributed by atoms with Gasteiger partial charge in [0.25, 0.3) is 15.9 Å². The molecule has 1 amide bonds. The van der Waals surface area contributed by atoms with E-state index in [0.717, 1.165) is 16.9 Å². The first-order valence-electron chi connectivity index (χ1n) is 9.31. The Morgan fingerprint density at radius 3 is 2.23 bits per heavy atom. The number of thiophene rings is 1. The molecule has 3 aromatic rings. The zero-order valence-electron chi connectivity index (χ0n) is 16.5. The van der Waals surface area contributed by atoms with Crippen molar-refractivity contribution in [2.75, 3.05) is 5.32 Å². The van der Waals surface area contributed by atoms with Crippen LogP contribution < -0.4 is 10.0 Å². The fourth-order valence-corrected chi connectivity index (χ4v) is 5.39. The van der Waals surface area contributed by atoms with E-state index < -0.39 is 33.7 Å². The third-order valence-corrected chi connectivity index (χ3v) is 7.57. The van der Waals surface area contributed by atoms with Crippen molar-refractivity contribution in [1.82, 2.24) is 4.72 Å². The molecule has 2 N–H and O–H groups in total. The Morgan fingerprint density at radius 1 is 0.933 bits per heavy atom. The molecule has 0 unspecified atom stereocenters. The summed E-state index contributed by atoms with van der Waals surface area (Å²) in [7, 11) is -3.86. The highest BCUT2D eigenvalue weighted by atomic mass is 32.2. The molecule has 0 fully saturated rings. The van der Waals surface area contributed by atoms with Gasteiger partial charge in [-0.3, -0.25) is 9.59 Å². The third kappa shape index (κ3) is 5.02. The van der Waals surface area contributed by atoms with Crippen molar-refractivity contribution >= 4 is 38.7 Å². The fraction of sp³-hybridized carbons (Fsp3) is 0.182. The van der Waals surface area contributed by atoms with Gasteiger partial charge in [-0.25, -0.2) is 13.1 Å². The van der Waals surface area contributed by atoms with Crippen LogP contribution in [0.4, 0.5) is 5.69 Å². The number of hydrogen-bond donors (Lipinski definition) is 2. The van der Waals surface area contributed by atoms with Crippen LogP contribution in [0.25, 0.3) is 0 Å². The van der Waals surface area contributed by atoms with Gasteiger partial charge in [0.15, 0.2) is 0 Å². The molecule has 1 aromatic heterocycles. The lowest BCUT2D eigenvalue weighted by Crippen LogP contribution is -2.39. The summed E-state index contributed by atoms with van der Waals surface area (Å²) in [6.07, 6.45) is 0. The average molecular weight is 443 g/mol. The van der Waals surface area contributed by atoms with Crippen molar-refractivity contribution < 1.29 is 18.0 Å². The summed E-state index contributed by atoms with van der Waals surface area (Å²) in [4.78, 5) is 25.4.